The summed E-state index contributed by atoms with van der Waals surface area (Å²) >= 11 is 0. The van der Waals surface area contributed by atoms with Crippen LogP contribution < -0.4 is 5.32 Å². The van der Waals surface area contributed by atoms with E-state index in [9.17, 15) is 4.79 Å². The molecule has 0 unspecified atom stereocenters. The van der Waals surface area contributed by atoms with Crippen molar-refractivity contribution >= 4 is 11.8 Å². The van der Waals surface area contributed by atoms with Crippen molar-refractivity contribution in [2.45, 2.75) is 51.5 Å². The third kappa shape index (κ3) is 3.66. The molecule has 1 aromatic rings. The van der Waals surface area contributed by atoms with E-state index in [-0.39, 0.29) is 5.69 Å². The molecule has 0 atom stereocenters. The van der Waals surface area contributed by atoms with Crippen LogP contribution in [0.15, 0.2) is 12.4 Å². The Morgan fingerprint density at radius 2 is 2.00 bits per heavy atom. The summed E-state index contributed by atoms with van der Waals surface area (Å²) < 4.78 is 0. The van der Waals surface area contributed by atoms with Gasteiger partial charge in [-0.2, -0.15) is 0 Å². The van der Waals surface area contributed by atoms with Crippen LogP contribution in [0.2, 0.25) is 0 Å². The van der Waals surface area contributed by atoms with Crippen LogP contribution in [0.3, 0.4) is 0 Å². The molecule has 1 aromatic heterocycles. The van der Waals surface area contributed by atoms with E-state index in [0.717, 1.165) is 18.8 Å². The first kappa shape index (κ1) is 13.8. The number of carboxylic acid groups (broad SMARTS) is 1. The van der Waals surface area contributed by atoms with Gasteiger partial charge in [0, 0.05) is 18.4 Å². The molecular formula is C14H21N3O2. The summed E-state index contributed by atoms with van der Waals surface area (Å²) in [5.74, 6) is 0.202. The number of carbonyl (C=O) groups is 1. The van der Waals surface area contributed by atoms with Crippen LogP contribution in [0.25, 0.3) is 0 Å². The largest absolute Gasteiger partial charge is 0.476 e. The monoisotopic (exact) mass is 263 g/mol. The van der Waals surface area contributed by atoms with Crippen LogP contribution in [0, 0.1) is 5.92 Å². The minimum absolute atomic E-state index is 0.0122. The number of rotatable bonds is 5. The smallest absolute Gasteiger partial charge is 0.358 e. The Kier molecular flexibility index (Phi) is 4.71. The third-order valence-corrected chi connectivity index (χ3v) is 3.79. The molecule has 0 radical (unpaired) electrons. The van der Waals surface area contributed by atoms with E-state index in [1.807, 2.05) is 0 Å². The summed E-state index contributed by atoms with van der Waals surface area (Å²) in [6, 6.07) is 0.322. The van der Waals surface area contributed by atoms with Crippen molar-refractivity contribution < 1.29 is 9.90 Å². The molecule has 0 aliphatic heterocycles. The second-order valence-corrected chi connectivity index (χ2v) is 5.21. The topological polar surface area (TPSA) is 75.1 Å². The zero-order chi connectivity index (χ0) is 13.7. The van der Waals surface area contributed by atoms with Crippen LogP contribution in [-0.4, -0.2) is 27.1 Å². The van der Waals surface area contributed by atoms with Gasteiger partial charge in [0.05, 0.1) is 0 Å². The molecule has 5 nitrogen and oxygen atoms in total. The van der Waals surface area contributed by atoms with Gasteiger partial charge in [-0.1, -0.05) is 19.8 Å². The van der Waals surface area contributed by atoms with Crippen LogP contribution in [0.1, 0.15) is 55.9 Å². The van der Waals surface area contributed by atoms with Gasteiger partial charge in [-0.25, -0.2) is 14.8 Å². The maximum Gasteiger partial charge on any atom is 0.358 e. The first-order valence-electron chi connectivity index (χ1n) is 7.01. The molecular weight excluding hydrogens is 242 g/mol. The summed E-state index contributed by atoms with van der Waals surface area (Å²) in [6.07, 6.45) is 10.1. The van der Waals surface area contributed by atoms with Gasteiger partial charge >= 0.3 is 5.97 Å². The van der Waals surface area contributed by atoms with Gasteiger partial charge in [-0.15, -0.1) is 0 Å². The highest BCUT2D eigenvalue weighted by atomic mass is 16.4. The number of aromatic nitrogens is 2. The third-order valence-electron chi connectivity index (χ3n) is 3.79. The molecule has 1 heterocycles. The van der Waals surface area contributed by atoms with Gasteiger partial charge in [0.1, 0.15) is 0 Å². The molecule has 1 aliphatic carbocycles. The predicted molar refractivity (Wildman–Crippen MR) is 73.3 cm³/mol. The zero-order valence-electron chi connectivity index (χ0n) is 11.3. The molecule has 0 spiro atoms. The van der Waals surface area contributed by atoms with E-state index in [0.29, 0.717) is 11.9 Å². The molecule has 104 valence electrons. The van der Waals surface area contributed by atoms with E-state index < -0.39 is 5.97 Å². The predicted octanol–water partition coefficient (Wildman–Crippen LogP) is 2.95. The molecule has 1 aliphatic rings. The molecule has 2 rings (SSSR count). The van der Waals surface area contributed by atoms with Crippen LogP contribution in [0.4, 0.5) is 5.82 Å². The molecule has 0 amide bonds. The summed E-state index contributed by atoms with van der Waals surface area (Å²) in [5, 5.41) is 12.3. The fourth-order valence-corrected chi connectivity index (χ4v) is 2.80. The molecule has 19 heavy (non-hydrogen) atoms. The van der Waals surface area contributed by atoms with Crippen LogP contribution in [-0.2, 0) is 0 Å². The highest BCUT2D eigenvalue weighted by Crippen LogP contribution is 2.29. The molecule has 2 N–H and O–H groups in total. The normalized spacial score (nSPS) is 23.0. The Bertz CT molecular complexity index is 428. The quantitative estimate of drug-likeness (QED) is 0.854. The highest BCUT2D eigenvalue weighted by Gasteiger charge is 2.22. The number of hydrogen-bond acceptors (Lipinski definition) is 4. The lowest BCUT2D eigenvalue weighted by Crippen LogP contribution is -2.27. The fourth-order valence-electron chi connectivity index (χ4n) is 2.80. The van der Waals surface area contributed by atoms with Crippen molar-refractivity contribution in [2.75, 3.05) is 5.32 Å². The van der Waals surface area contributed by atoms with Crippen LogP contribution in [0.5, 0.6) is 0 Å². The lowest BCUT2D eigenvalue weighted by atomic mass is 9.83. The molecule has 0 saturated heterocycles. The van der Waals surface area contributed by atoms with Crippen molar-refractivity contribution in [2.24, 2.45) is 5.92 Å². The first-order valence-corrected chi connectivity index (χ1v) is 7.01. The summed E-state index contributed by atoms with van der Waals surface area (Å²) in [4.78, 5) is 19.0. The van der Waals surface area contributed by atoms with E-state index in [4.69, 9.17) is 5.11 Å². The molecule has 0 bridgehead atoms. The van der Waals surface area contributed by atoms with Crippen molar-refractivity contribution in [3.05, 3.63) is 18.1 Å². The fraction of sp³-hybridized carbons (Fsp3) is 0.643. The van der Waals surface area contributed by atoms with Gasteiger partial charge < -0.3 is 10.4 Å². The lowest BCUT2D eigenvalue weighted by Gasteiger charge is -2.29. The van der Waals surface area contributed by atoms with Crippen molar-refractivity contribution in [3.8, 4) is 0 Å². The maximum atomic E-state index is 11.1. The summed E-state index contributed by atoms with van der Waals surface area (Å²) in [7, 11) is 0. The van der Waals surface area contributed by atoms with Crippen molar-refractivity contribution in [1.29, 1.82) is 0 Å². The second-order valence-electron chi connectivity index (χ2n) is 5.21. The summed E-state index contributed by atoms with van der Waals surface area (Å²) in [5.41, 5.74) is 0.0122. The average molecular weight is 263 g/mol. The molecule has 1 fully saturated rings. The lowest BCUT2D eigenvalue weighted by molar-refractivity contribution is 0.0691. The Morgan fingerprint density at radius 3 is 2.63 bits per heavy atom. The minimum atomic E-state index is -1.03. The Labute approximate surface area is 113 Å². The number of hydrogen-bond donors (Lipinski definition) is 2. The van der Waals surface area contributed by atoms with Gasteiger partial charge in [-0.3, -0.25) is 0 Å². The van der Waals surface area contributed by atoms with E-state index >= 15 is 0 Å². The van der Waals surface area contributed by atoms with Crippen molar-refractivity contribution in [1.82, 2.24) is 9.97 Å². The highest BCUT2D eigenvalue weighted by molar-refractivity contribution is 5.90. The minimum Gasteiger partial charge on any atom is -0.476 e. The second kappa shape index (κ2) is 6.50. The zero-order valence-corrected chi connectivity index (χ0v) is 11.3. The number of nitrogens with zero attached hydrogens (tertiary/aromatic N) is 2. The SMILES string of the molecule is CCCC1CCC(Nc2nccnc2C(=O)O)CC1. The van der Waals surface area contributed by atoms with Crippen LogP contribution >= 0.6 is 0 Å². The number of aromatic carboxylic acids is 1. The standard InChI is InChI=1S/C14H21N3O2/c1-2-3-10-4-6-11(7-5-10)17-13-12(14(18)19)15-8-9-16-13/h8-11H,2-7H2,1H3,(H,16,17)(H,18,19). The van der Waals surface area contributed by atoms with Gasteiger partial charge in [-0.05, 0) is 31.6 Å². The Morgan fingerprint density at radius 1 is 1.32 bits per heavy atom. The molecule has 0 aromatic carbocycles. The number of anilines is 1. The maximum absolute atomic E-state index is 11.1. The van der Waals surface area contributed by atoms with Crippen molar-refractivity contribution in [3.63, 3.8) is 0 Å². The average Bonchev–Trinajstić information content (AvgIpc) is 2.42. The van der Waals surface area contributed by atoms with E-state index in [1.165, 1.54) is 38.1 Å². The Hall–Kier alpha value is -1.65. The summed E-state index contributed by atoms with van der Waals surface area (Å²) in [6.45, 7) is 2.23. The van der Waals surface area contributed by atoms with E-state index in [2.05, 4.69) is 22.2 Å². The molecule has 5 heteroatoms. The molecule has 1 saturated carbocycles. The Balaban J connectivity index is 1.94. The van der Waals surface area contributed by atoms with Gasteiger partial charge in [0.25, 0.3) is 0 Å². The number of carboxylic acids is 1. The van der Waals surface area contributed by atoms with Gasteiger partial charge in [0.2, 0.25) is 0 Å². The van der Waals surface area contributed by atoms with Gasteiger partial charge in [0.15, 0.2) is 11.5 Å². The first-order chi connectivity index (χ1) is 9.20. The van der Waals surface area contributed by atoms with E-state index in [1.54, 1.807) is 0 Å². The number of nitrogens with one attached hydrogen (secondary N) is 1.